The SMILES string of the molecule is CCOC(=O)Cc1ccc(C2(C#N)CCOC2)c(F)c1. The molecule has 0 saturated carbocycles. The number of rotatable bonds is 4. The largest absolute Gasteiger partial charge is 0.466 e. The zero-order valence-electron chi connectivity index (χ0n) is 11.3. The molecule has 0 aliphatic carbocycles. The van der Waals surface area contributed by atoms with Crippen molar-refractivity contribution in [2.75, 3.05) is 19.8 Å². The van der Waals surface area contributed by atoms with Gasteiger partial charge in [0.2, 0.25) is 0 Å². The summed E-state index contributed by atoms with van der Waals surface area (Å²) in [6.07, 6.45) is 0.513. The molecule has 0 bridgehead atoms. The van der Waals surface area contributed by atoms with Gasteiger partial charge in [0.1, 0.15) is 11.2 Å². The lowest BCUT2D eigenvalue weighted by Gasteiger charge is -2.20. The summed E-state index contributed by atoms with van der Waals surface area (Å²) >= 11 is 0. The summed E-state index contributed by atoms with van der Waals surface area (Å²) in [4.78, 5) is 11.4. The standard InChI is InChI=1S/C15H16FNO3/c1-2-20-14(18)8-11-3-4-12(13(16)7-11)15(9-17)5-6-19-10-15/h3-4,7H,2,5-6,8,10H2,1H3. The molecule has 4 nitrogen and oxygen atoms in total. The van der Waals surface area contributed by atoms with Crippen LogP contribution in [-0.2, 0) is 26.1 Å². The van der Waals surface area contributed by atoms with Crippen molar-refractivity contribution in [1.82, 2.24) is 0 Å². The Morgan fingerprint density at radius 2 is 2.40 bits per heavy atom. The molecule has 0 spiro atoms. The van der Waals surface area contributed by atoms with Crippen molar-refractivity contribution in [3.8, 4) is 6.07 Å². The van der Waals surface area contributed by atoms with E-state index in [0.717, 1.165) is 0 Å². The Hall–Kier alpha value is -1.93. The van der Waals surface area contributed by atoms with Gasteiger partial charge >= 0.3 is 5.97 Å². The minimum absolute atomic E-state index is 0.0289. The second-order valence-electron chi connectivity index (χ2n) is 4.79. The van der Waals surface area contributed by atoms with E-state index in [2.05, 4.69) is 6.07 Å². The van der Waals surface area contributed by atoms with Crippen LogP contribution in [0.2, 0.25) is 0 Å². The molecule has 1 aromatic rings. The van der Waals surface area contributed by atoms with Gasteiger partial charge in [0.05, 0.1) is 25.7 Å². The predicted molar refractivity (Wildman–Crippen MR) is 69.5 cm³/mol. The van der Waals surface area contributed by atoms with Crippen LogP contribution in [0.5, 0.6) is 0 Å². The number of nitrogens with zero attached hydrogens (tertiary/aromatic N) is 1. The summed E-state index contributed by atoms with van der Waals surface area (Å²) in [6.45, 7) is 2.68. The first-order valence-electron chi connectivity index (χ1n) is 6.55. The van der Waals surface area contributed by atoms with Gasteiger partial charge in [-0.1, -0.05) is 12.1 Å². The predicted octanol–water partition coefficient (Wildman–Crippen LogP) is 2.11. The molecule has 1 aliphatic heterocycles. The molecule has 0 aromatic heterocycles. The second kappa shape index (κ2) is 6.02. The molecule has 1 aliphatic rings. The fourth-order valence-electron chi connectivity index (χ4n) is 2.36. The molecule has 1 atom stereocenters. The van der Waals surface area contributed by atoms with E-state index in [-0.39, 0.29) is 19.0 Å². The van der Waals surface area contributed by atoms with Crippen molar-refractivity contribution in [2.24, 2.45) is 0 Å². The topological polar surface area (TPSA) is 59.3 Å². The molecule has 1 aromatic carbocycles. The van der Waals surface area contributed by atoms with Gasteiger partial charge in [0, 0.05) is 12.2 Å². The van der Waals surface area contributed by atoms with Gasteiger partial charge in [0.15, 0.2) is 0 Å². The molecule has 1 unspecified atom stereocenters. The van der Waals surface area contributed by atoms with E-state index < -0.39 is 11.2 Å². The number of carbonyl (C=O) groups is 1. The summed E-state index contributed by atoms with van der Waals surface area (Å²) in [5.41, 5.74) is -0.0335. The third-order valence-electron chi connectivity index (χ3n) is 3.44. The number of halogens is 1. The van der Waals surface area contributed by atoms with E-state index in [0.29, 0.717) is 30.8 Å². The Bertz CT molecular complexity index is 545. The third kappa shape index (κ3) is 2.81. The summed E-state index contributed by atoms with van der Waals surface area (Å²) < 4.78 is 24.3. The number of benzene rings is 1. The van der Waals surface area contributed by atoms with Crippen molar-refractivity contribution >= 4 is 5.97 Å². The minimum atomic E-state index is -0.910. The van der Waals surface area contributed by atoms with Crippen LogP contribution in [-0.4, -0.2) is 25.8 Å². The van der Waals surface area contributed by atoms with Gasteiger partial charge in [-0.05, 0) is 25.0 Å². The van der Waals surface area contributed by atoms with Crippen molar-refractivity contribution in [1.29, 1.82) is 5.26 Å². The maximum atomic E-state index is 14.2. The molecule has 1 heterocycles. The summed E-state index contributed by atoms with van der Waals surface area (Å²) in [6, 6.07) is 6.68. The monoisotopic (exact) mass is 277 g/mol. The van der Waals surface area contributed by atoms with Gasteiger partial charge < -0.3 is 9.47 Å². The molecular weight excluding hydrogens is 261 g/mol. The van der Waals surface area contributed by atoms with E-state index in [4.69, 9.17) is 9.47 Å². The molecule has 0 amide bonds. The number of esters is 1. The summed E-state index contributed by atoms with van der Waals surface area (Å²) in [5.74, 6) is -0.863. The van der Waals surface area contributed by atoms with Crippen LogP contribution < -0.4 is 0 Å². The molecule has 0 N–H and O–H groups in total. The zero-order chi connectivity index (χ0) is 14.6. The van der Waals surface area contributed by atoms with Crippen LogP contribution in [0.25, 0.3) is 0 Å². The molecule has 5 heteroatoms. The Morgan fingerprint density at radius 3 is 2.95 bits per heavy atom. The highest BCUT2D eigenvalue weighted by Gasteiger charge is 2.39. The highest BCUT2D eigenvalue weighted by molar-refractivity contribution is 5.72. The quantitative estimate of drug-likeness (QED) is 0.791. The Kier molecular flexibility index (Phi) is 4.35. The first kappa shape index (κ1) is 14.5. The lowest BCUT2D eigenvalue weighted by atomic mass is 9.80. The van der Waals surface area contributed by atoms with Gasteiger partial charge in [0.25, 0.3) is 0 Å². The molecule has 20 heavy (non-hydrogen) atoms. The van der Waals surface area contributed by atoms with Crippen LogP contribution in [0, 0.1) is 17.1 Å². The molecule has 1 saturated heterocycles. The Morgan fingerprint density at radius 1 is 1.60 bits per heavy atom. The van der Waals surface area contributed by atoms with Crippen molar-refractivity contribution < 1.29 is 18.7 Å². The van der Waals surface area contributed by atoms with Gasteiger partial charge in [-0.2, -0.15) is 5.26 Å². The first-order valence-corrected chi connectivity index (χ1v) is 6.55. The number of ether oxygens (including phenoxy) is 2. The number of carbonyl (C=O) groups excluding carboxylic acids is 1. The fraction of sp³-hybridized carbons (Fsp3) is 0.467. The average molecular weight is 277 g/mol. The zero-order valence-corrected chi connectivity index (χ0v) is 11.3. The minimum Gasteiger partial charge on any atom is -0.466 e. The third-order valence-corrected chi connectivity index (χ3v) is 3.44. The lowest BCUT2D eigenvalue weighted by Crippen LogP contribution is -2.25. The fourth-order valence-corrected chi connectivity index (χ4v) is 2.36. The van der Waals surface area contributed by atoms with E-state index in [1.165, 1.54) is 6.07 Å². The second-order valence-corrected chi connectivity index (χ2v) is 4.79. The highest BCUT2D eigenvalue weighted by atomic mass is 19.1. The number of hydrogen-bond acceptors (Lipinski definition) is 4. The smallest absolute Gasteiger partial charge is 0.310 e. The van der Waals surface area contributed by atoms with Crippen molar-refractivity contribution in [3.63, 3.8) is 0 Å². The average Bonchev–Trinajstić information content (AvgIpc) is 2.89. The van der Waals surface area contributed by atoms with Crippen LogP contribution in [0.15, 0.2) is 18.2 Å². The van der Waals surface area contributed by atoms with E-state index in [1.807, 2.05) is 0 Å². The lowest BCUT2D eigenvalue weighted by molar-refractivity contribution is -0.142. The highest BCUT2D eigenvalue weighted by Crippen LogP contribution is 2.34. The maximum Gasteiger partial charge on any atom is 0.310 e. The van der Waals surface area contributed by atoms with Crippen LogP contribution in [0.4, 0.5) is 4.39 Å². The summed E-state index contributed by atoms with van der Waals surface area (Å²) in [7, 11) is 0. The number of nitriles is 1. The Labute approximate surface area is 117 Å². The van der Waals surface area contributed by atoms with Gasteiger partial charge in [-0.25, -0.2) is 4.39 Å². The molecule has 106 valence electrons. The van der Waals surface area contributed by atoms with Gasteiger partial charge in [-0.15, -0.1) is 0 Å². The molecular formula is C15H16FNO3. The normalized spacial score (nSPS) is 21.4. The maximum absolute atomic E-state index is 14.2. The molecule has 2 rings (SSSR count). The van der Waals surface area contributed by atoms with Crippen LogP contribution >= 0.6 is 0 Å². The first-order chi connectivity index (χ1) is 9.61. The van der Waals surface area contributed by atoms with Crippen LogP contribution in [0.1, 0.15) is 24.5 Å². The van der Waals surface area contributed by atoms with Crippen LogP contribution in [0.3, 0.4) is 0 Å². The summed E-state index contributed by atoms with van der Waals surface area (Å²) in [5, 5.41) is 9.31. The van der Waals surface area contributed by atoms with E-state index >= 15 is 0 Å². The molecule has 1 fully saturated rings. The van der Waals surface area contributed by atoms with Crippen molar-refractivity contribution in [3.05, 3.63) is 35.1 Å². The van der Waals surface area contributed by atoms with Crippen molar-refractivity contribution in [2.45, 2.75) is 25.2 Å². The number of hydrogen-bond donors (Lipinski definition) is 0. The Balaban J connectivity index is 2.22. The molecule has 0 radical (unpaired) electrons. The van der Waals surface area contributed by atoms with Gasteiger partial charge in [-0.3, -0.25) is 4.79 Å². The van der Waals surface area contributed by atoms with E-state index in [1.54, 1.807) is 19.1 Å². The van der Waals surface area contributed by atoms with E-state index in [9.17, 15) is 14.4 Å².